The first-order valence-electron chi connectivity index (χ1n) is 9.61. The third kappa shape index (κ3) is 4.83. The van der Waals surface area contributed by atoms with Gasteiger partial charge in [0.25, 0.3) is 0 Å². The molecule has 1 saturated carbocycles. The molecule has 3 rings (SSSR count). The van der Waals surface area contributed by atoms with Crippen LogP contribution in [0.2, 0.25) is 0 Å². The number of allylic oxidation sites excluding steroid dienone is 1. The Morgan fingerprint density at radius 2 is 1.52 bits per heavy atom. The van der Waals surface area contributed by atoms with Crippen LogP contribution in [0.25, 0.3) is 11.1 Å². The van der Waals surface area contributed by atoms with Gasteiger partial charge in [0, 0.05) is 13.7 Å². The zero-order valence-electron chi connectivity index (χ0n) is 15.4. The number of hydrogen-bond donors (Lipinski definition) is 0. The lowest BCUT2D eigenvalue weighted by atomic mass is 9.78. The van der Waals surface area contributed by atoms with Crippen LogP contribution in [0.3, 0.4) is 0 Å². The van der Waals surface area contributed by atoms with Crippen LogP contribution in [0, 0.1) is 5.92 Å². The summed E-state index contributed by atoms with van der Waals surface area (Å²) in [5.74, 6) is 1.46. The quantitative estimate of drug-likeness (QED) is 0.421. The summed E-state index contributed by atoms with van der Waals surface area (Å²) in [6, 6.07) is 18.2. The molecule has 1 aliphatic rings. The minimum atomic E-state index is 0.730. The summed E-state index contributed by atoms with van der Waals surface area (Å²) in [6.45, 7) is 4.78. The summed E-state index contributed by atoms with van der Waals surface area (Å²) in [6.07, 6.45) is 9.48. The van der Waals surface area contributed by atoms with Gasteiger partial charge in [0.15, 0.2) is 0 Å². The molecular formula is C24H30O. The van der Waals surface area contributed by atoms with Gasteiger partial charge in [-0.3, -0.25) is 0 Å². The largest absolute Gasteiger partial charge is 0.385 e. The fraction of sp³-hybridized carbons (Fsp3) is 0.417. The Bertz CT molecular complexity index is 645. The SMILES string of the molecule is C=CC1CCC(c2ccc(-c3ccc(CCCOC)cc3)cc2)CC1. The number of rotatable bonds is 7. The molecule has 0 bridgehead atoms. The number of ether oxygens (including phenoxy) is 1. The highest BCUT2D eigenvalue weighted by atomic mass is 16.5. The molecule has 0 heterocycles. The Morgan fingerprint density at radius 3 is 2.08 bits per heavy atom. The summed E-state index contributed by atoms with van der Waals surface area (Å²) in [4.78, 5) is 0. The fourth-order valence-electron chi connectivity index (χ4n) is 3.92. The monoisotopic (exact) mass is 334 g/mol. The number of hydrogen-bond acceptors (Lipinski definition) is 1. The second-order valence-corrected chi connectivity index (χ2v) is 7.26. The van der Waals surface area contributed by atoms with Gasteiger partial charge in [-0.1, -0.05) is 54.6 Å². The Hall–Kier alpha value is -1.86. The minimum absolute atomic E-state index is 0.730. The van der Waals surface area contributed by atoms with Gasteiger partial charge in [0.1, 0.15) is 0 Å². The Kier molecular flexibility index (Phi) is 6.47. The Balaban J connectivity index is 1.61. The third-order valence-corrected chi connectivity index (χ3v) is 5.59. The van der Waals surface area contributed by atoms with E-state index in [-0.39, 0.29) is 0 Å². The van der Waals surface area contributed by atoms with Gasteiger partial charge >= 0.3 is 0 Å². The first-order valence-corrected chi connectivity index (χ1v) is 9.61. The molecule has 0 saturated heterocycles. The minimum Gasteiger partial charge on any atom is -0.385 e. The topological polar surface area (TPSA) is 9.23 Å². The zero-order chi connectivity index (χ0) is 17.5. The van der Waals surface area contributed by atoms with Crippen molar-refractivity contribution in [2.45, 2.75) is 44.4 Å². The molecule has 0 aromatic heterocycles. The van der Waals surface area contributed by atoms with Gasteiger partial charge in [0.2, 0.25) is 0 Å². The van der Waals surface area contributed by atoms with Crippen molar-refractivity contribution >= 4 is 0 Å². The predicted molar refractivity (Wildman–Crippen MR) is 107 cm³/mol. The van der Waals surface area contributed by atoms with Gasteiger partial charge in [-0.05, 0) is 72.6 Å². The highest BCUT2D eigenvalue weighted by molar-refractivity contribution is 5.64. The smallest absolute Gasteiger partial charge is 0.0465 e. The van der Waals surface area contributed by atoms with Crippen molar-refractivity contribution in [3.05, 3.63) is 72.3 Å². The van der Waals surface area contributed by atoms with E-state index in [1.807, 2.05) is 0 Å². The van der Waals surface area contributed by atoms with E-state index in [2.05, 4.69) is 61.2 Å². The summed E-state index contributed by atoms with van der Waals surface area (Å²) in [5.41, 5.74) is 5.50. The van der Waals surface area contributed by atoms with E-state index < -0.39 is 0 Å². The Labute approximate surface area is 152 Å². The van der Waals surface area contributed by atoms with Gasteiger partial charge in [0.05, 0.1) is 0 Å². The van der Waals surface area contributed by atoms with Crippen LogP contribution in [-0.2, 0) is 11.2 Å². The first-order chi connectivity index (χ1) is 12.3. The maximum atomic E-state index is 5.13. The highest BCUT2D eigenvalue weighted by Crippen LogP contribution is 2.36. The van der Waals surface area contributed by atoms with Gasteiger partial charge in [-0.25, -0.2) is 0 Å². The molecule has 25 heavy (non-hydrogen) atoms. The average molecular weight is 335 g/mol. The van der Waals surface area contributed by atoms with Crippen molar-refractivity contribution in [1.29, 1.82) is 0 Å². The molecule has 0 unspecified atom stereocenters. The van der Waals surface area contributed by atoms with Crippen LogP contribution < -0.4 is 0 Å². The lowest BCUT2D eigenvalue weighted by molar-refractivity contribution is 0.195. The summed E-state index contributed by atoms with van der Waals surface area (Å²) < 4.78 is 5.13. The zero-order valence-corrected chi connectivity index (χ0v) is 15.4. The van der Waals surface area contributed by atoms with Crippen molar-refractivity contribution in [3.8, 4) is 11.1 Å². The van der Waals surface area contributed by atoms with E-state index >= 15 is 0 Å². The maximum Gasteiger partial charge on any atom is 0.0465 e. The lowest BCUT2D eigenvalue weighted by Gasteiger charge is -2.27. The van der Waals surface area contributed by atoms with E-state index in [4.69, 9.17) is 4.74 Å². The summed E-state index contributed by atoms with van der Waals surface area (Å²) in [5, 5.41) is 0. The van der Waals surface area contributed by atoms with Crippen molar-refractivity contribution in [1.82, 2.24) is 0 Å². The van der Waals surface area contributed by atoms with Crippen LogP contribution in [0.15, 0.2) is 61.2 Å². The standard InChI is InChI=1S/C24H30O/c1-3-19-6-10-21(11-7-19)23-14-16-24(17-15-23)22-12-8-20(9-13-22)5-4-18-25-2/h3,8-9,12-17,19,21H,1,4-7,10-11,18H2,2H3. The van der Waals surface area contributed by atoms with Crippen molar-refractivity contribution < 1.29 is 4.74 Å². The van der Waals surface area contributed by atoms with E-state index in [1.54, 1.807) is 7.11 Å². The highest BCUT2D eigenvalue weighted by Gasteiger charge is 2.20. The molecule has 2 aromatic rings. The maximum absolute atomic E-state index is 5.13. The van der Waals surface area contributed by atoms with E-state index in [9.17, 15) is 0 Å². The van der Waals surface area contributed by atoms with Gasteiger partial charge in [-0.15, -0.1) is 6.58 Å². The molecule has 1 heteroatoms. The molecule has 0 aliphatic heterocycles. The molecule has 1 aliphatic carbocycles. The number of aryl methyl sites for hydroxylation is 1. The van der Waals surface area contributed by atoms with Crippen molar-refractivity contribution in [3.63, 3.8) is 0 Å². The molecule has 0 amide bonds. The summed E-state index contributed by atoms with van der Waals surface area (Å²) >= 11 is 0. The molecule has 132 valence electrons. The van der Waals surface area contributed by atoms with Gasteiger partial charge in [-0.2, -0.15) is 0 Å². The van der Waals surface area contributed by atoms with E-state index in [0.29, 0.717) is 0 Å². The molecule has 0 atom stereocenters. The second kappa shape index (κ2) is 9.01. The molecule has 1 fully saturated rings. The Morgan fingerprint density at radius 1 is 0.920 bits per heavy atom. The molecule has 0 radical (unpaired) electrons. The average Bonchev–Trinajstić information content (AvgIpc) is 2.69. The molecule has 1 nitrogen and oxygen atoms in total. The third-order valence-electron chi connectivity index (χ3n) is 5.59. The molecule has 0 spiro atoms. The lowest BCUT2D eigenvalue weighted by Crippen LogP contribution is -2.11. The van der Waals surface area contributed by atoms with Crippen LogP contribution in [-0.4, -0.2) is 13.7 Å². The second-order valence-electron chi connectivity index (χ2n) is 7.26. The number of methoxy groups -OCH3 is 1. The fourth-order valence-corrected chi connectivity index (χ4v) is 3.92. The van der Waals surface area contributed by atoms with Crippen LogP contribution in [0.1, 0.15) is 49.1 Å². The number of benzene rings is 2. The van der Waals surface area contributed by atoms with Crippen LogP contribution in [0.5, 0.6) is 0 Å². The molecular weight excluding hydrogens is 304 g/mol. The normalized spacial score (nSPS) is 20.4. The van der Waals surface area contributed by atoms with Crippen LogP contribution in [0.4, 0.5) is 0 Å². The van der Waals surface area contributed by atoms with E-state index in [1.165, 1.54) is 47.9 Å². The predicted octanol–water partition coefficient (Wildman–Crippen LogP) is 6.39. The first kappa shape index (κ1) is 17.9. The van der Waals surface area contributed by atoms with Crippen molar-refractivity contribution in [2.75, 3.05) is 13.7 Å². The van der Waals surface area contributed by atoms with E-state index in [0.717, 1.165) is 31.3 Å². The van der Waals surface area contributed by atoms with Crippen LogP contribution >= 0.6 is 0 Å². The van der Waals surface area contributed by atoms with Gasteiger partial charge < -0.3 is 4.74 Å². The molecule has 0 N–H and O–H groups in total. The summed E-state index contributed by atoms with van der Waals surface area (Å²) in [7, 11) is 1.76. The van der Waals surface area contributed by atoms with Crippen molar-refractivity contribution in [2.24, 2.45) is 5.92 Å². The molecule has 2 aromatic carbocycles.